The Balaban J connectivity index is 1.44. The van der Waals surface area contributed by atoms with E-state index in [1.54, 1.807) is 28.9 Å². The van der Waals surface area contributed by atoms with E-state index in [9.17, 15) is 22.8 Å². The minimum atomic E-state index is -4.40. The summed E-state index contributed by atoms with van der Waals surface area (Å²) >= 11 is 1.15. The van der Waals surface area contributed by atoms with Gasteiger partial charge in [-0.05, 0) is 31.2 Å². The number of furan rings is 1. The maximum atomic E-state index is 13.0. The number of rotatable bonds is 3. The lowest BCUT2D eigenvalue weighted by molar-refractivity contribution is -0.137. The van der Waals surface area contributed by atoms with Crippen LogP contribution in [-0.4, -0.2) is 52.8 Å². The van der Waals surface area contributed by atoms with Gasteiger partial charge in [0.2, 0.25) is 0 Å². The van der Waals surface area contributed by atoms with Crippen molar-refractivity contribution in [2.24, 2.45) is 0 Å². The molecule has 10 heteroatoms. The van der Waals surface area contributed by atoms with Crippen molar-refractivity contribution in [2.75, 3.05) is 26.2 Å². The second-order valence-electron chi connectivity index (χ2n) is 7.07. The molecule has 162 valence electrons. The molecule has 1 saturated heterocycles. The SMILES string of the molecule is Cc1nc(-c2ccc(C(F)(F)F)cc2)sc1C(=O)N1CCN(C(=O)c2ccco2)CC1. The van der Waals surface area contributed by atoms with Crippen LogP contribution in [-0.2, 0) is 6.18 Å². The molecule has 0 unspecified atom stereocenters. The Labute approximate surface area is 179 Å². The van der Waals surface area contributed by atoms with Crippen LogP contribution in [0.4, 0.5) is 13.2 Å². The Morgan fingerprint density at radius 3 is 2.16 bits per heavy atom. The zero-order chi connectivity index (χ0) is 22.2. The molecule has 3 heterocycles. The number of halogens is 3. The number of alkyl halides is 3. The Morgan fingerprint density at radius 1 is 1.00 bits per heavy atom. The lowest BCUT2D eigenvalue weighted by atomic mass is 10.1. The van der Waals surface area contributed by atoms with Crippen molar-refractivity contribution in [3.05, 3.63) is 64.6 Å². The fourth-order valence-electron chi connectivity index (χ4n) is 3.33. The Hall–Kier alpha value is -3.14. The predicted molar refractivity (Wildman–Crippen MR) is 108 cm³/mol. The monoisotopic (exact) mass is 449 g/mol. The summed E-state index contributed by atoms with van der Waals surface area (Å²) in [6.45, 7) is 3.22. The summed E-state index contributed by atoms with van der Waals surface area (Å²) in [6, 6.07) is 7.96. The van der Waals surface area contributed by atoms with Gasteiger partial charge in [-0.25, -0.2) is 4.98 Å². The number of hydrogen-bond donors (Lipinski definition) is 0. The van der Waals surface area contributed by atoms with E-state index in [0.717, 1.165) is 23.5 Å². The molecule has 2 aromatic heterocycles. The highest BCUT2D eigenvalue weighted by molar-refractivity contribution is 7.17. The molecule has 4 rings (SSSR count). The van der Waals surface area contributed by atoms with Crippen LogP contribution >= 0.6 is 11.3 Å². The number of benzene rings is 1. The Morgan fingerprint density at radius 2 is 1.61 bits per heavy atom. The molecule has 31 heavy (non-hydrogen) atoms. The molecule has 1 fully saturated rings. The standard InChI is InChI=1S/C21H18F3N3O3S/c1-13-17(31-18(25-13)14-4-6-15(7-5-14)21(22,23)24)20(29)27-10-8-26(9-11-27)19(28)16-3-2-12-30-16/h2-7,12H,8-11H2,1H3. The highest BCUT2D eigenvalue weighted by Crippen LogP contribution is 2.33. The smallest absolute Gasteiger partial charge is 0.416 e. The van der Waals surface area contributed by atoms with Crippen LogP contribution in [0.2, 0.25) is 0 Å². The molecule has 0 bridgehead atoms. The number of carbonyl (C=O) groups is 2. The maximum Gasteiger partial charge on any atom is 0.416 e. The first kappa shape index (κ1) is 21.1. The molecule has 0 N–H and O–H groups in total. The molecule has 0 radical (unpaired) electrons. The lowest BCUT2D eigenvalue weighted by Crippen LogP contribution is -2.50. The van der Waals surface area contributed by atoms with Gasteiger partial charge in [-0.2, -0.15) is 13.2 Å². The third kappa shape index (κ3) is 4.34. The van der Waals surface area contributed by atoms with Crippen molar-refractivity contribution in [1.82, 2.24) is 14.8 Å². The number of carbonyl (C=O) groups excluding carboxylic acids is 2. The van der Waals surface area contributed by atoms with Gasteiger partial charge >= 0.3 is 6.18 Å². The van der Waals surface area contributed by atoms with Gasteiger partial charge in [0.15, 0.2) is 5.76 Å². The fourth-order valence-corrected chi connectivity index (χ4v) is 4.37. The summed E-state index contributed by atoms with van der Waals surface area (Å²) in [6.07, 6.45) is -2.97. The summed E-state index contributed by atoms with van der Waals surface area (Å²) in [7, 11) is 0. The normalized spacial score (nSPS) is 14.7. The summed E-state index contributed by atoms with van der Waals surface area (Å²) in [5.74, 6) is -0.145. The third-order valence-electron chi connectivity index (χ3n) is 5.04. The summed E-state index contributed by atoms with van der Waals surface area (Å²) in [4.78, 5) is 33.5. The number of nitrogens with zero attached hydrogens (tertiary/aromatic N) is 3. The minimum Gasteiger partial charge on any atom is -0.459 e. The van der Waals surface area contributed by atoms with Gasteiger partial charge in [0.05, 0.1) is 17.5 Å². The minimum absolute atomic E-state index is 0.196. The van der Waals surface area contributed by atoms with Gasteiger partial charge in [0.1, 0.15) is 9.88 Å². The van der Waals surface area contributed by atoms with Crippen LogP contribution in [0.3, 0.4) is 0 Å². The first-order chi connectivity index (χ1) is 14.7. The van der Waals surface area contributed by atoms with E-state index in [2.05, 4.69) is 4.98 Å². The van der Waals surface area contributed by atoms with Crippen molar-refractivity contribution in [3.8, 4) is 10.6 Å². The highest BCUT2D eigenvalue weighted by atomic mass is 32.1. The molecule has 6 nitrogen and oxygen atoms in total. The van der Waals surface area contributed by atoms with Crippen molar-refractivity contribution in [3.63, 3.8) is 0 Å². The fraction of sp³-hybridized carbons (Fsp3) is 0.286. The third-order valence-corrected chi connectivity index (χ3v) is 6.23. The van der Waals surface area contributed by atoms with Crippen LogP contribution in [0.25, 0.3) is 10.6 Å². The van der Waals surface area contributed by atoms with Gasteiger partial charge in [0, 0.05) is 31.7 Å². The van der Waals surface area contributed by atoms with Gasteiger partial charge in [0.25, 0.3) is 11.8 Å². The van der Waals surface area contributed by atoms with Crippen molar-refractivity contribution in [2.45, 2.75) is 13.1 Å². The molecule has 0 atom stereocenters. The van der Waals surface area contributed by atoms with E-state index in [1.807, 2.05) is 0 Å². The Kier molecular flexibility index (Phi) is 5.57. The summed E-state index contributed by atoms with van der Waals surface area (Å²) in [5, 5.41) is 0.487. The second kappa shape index (κ2) is 8.18. The first-order valence-electron chi connectivity index (χ1n) is 9.51. The number of aryl methyl sites for hydroxylation is 1. The van der Waals surface area contributed by atoms with Crippen molar-refractivity contribution in [1.29, 1.82) is 0 Å². The van der Waals surface area contributed by atoms with E-state index in [0.29, 0.717) is 47.3 Å². The average molecular weight is 449 g/mol. The molecule has 3 aromatic rings. The molecular formula is C21H18F3N3O3S. The van der Waals surface area contributed by atoms with E-state index in [1.165, 1.54) is 18.4 Å². The van der Waals surface area contributed by atoms with E-state index >= 15 is 0 Å². The van der Waals surface area contributed by atoms with Crippen LogP contribution in [0, 0.1) is 6.92 Å². The summed E-state index contributed by atoms with van der Waals surface area (Å²) in [5.41, 5.74) is 0.316. The number of piperazine rings is 1. The molecule has 1 aliphatic heterocycles. The molecule has 2 amide bonds. The molecule has 1 aromatic carbocycles. The highest BCUT2D eigenvalue weighted by Gasteiger charge is 2.31. The molecule has 1 aliphatic rings. The quantitative estimate of drug-likeness (QED) is 0.597. The van der Waals surface area contributed by atoms with Crippen LogP contribution in [0.1, 0.15) is 31.5 Å². The van der Waals surface area contributed by atoms with Crippen LogP contribution in [0.15, 0.2) is 47.1 Å². The number of aromatic nitrogens is 1. The number of hydrogen-bond acceptors (Lipinski definition) is 5. The maximum absolute atomic E-state index is 13.0. The van der Waals surface area contributed by atoms with Crippen LogP contribution < -0.4 is 0 Å². The number of amides is 2. The van der Waals surface area contributed by atoms with Gasteiger partial charge < -0.3 is 14.2 Å². The topological polar surface area (TPSA) is 66.7 Å². The number of thiazole rings is 1. The molecular weight excluding hydrogens is 431 g/mol. The van der Waals surface area contributed by atoms with E-state index < -0.39 is 11.7 Å². The van der Waals surface area contributed by atoms with Crippen LogP contribution in [0.5, 0.6) is 0 Å². The second-order valence-corrected chi connectivity index (χ2v) is 8.07. The predicted octanol–water partition coefficient (Wildman–Crippen LogP) is 4.33. The summed E-state index contributed by atoms with van der Waals surface area (Å²) < 4.78 is 43.4. The molecule has 0 saturated carbocycles. The molecule has 0 aliphatic carbocycles. The average Bonchev–Trinajstić information content (AvgIpc) is 3.42. The van der Waals surface area contributed by atoms with Crippen molar-refractivity contribution < 1.29 is 27.2 Å². The van der Waals surface area contributed by atoms with Gasteiger partial charge in [-0.1, -0.05) is 12.1 Å². The first-order valence-corrected chi connectivity index (χ1v) is 10.3. The van der Waals surface area contributed by atoms with E-state index in [-0.39, 0.29) is 17.6 Å². The zero-order valence-corrected chi connectivity index (χ0v) is 17.3. The van der Waals surface area contributed by atoms with Gasteiger partial charge in [-0.15, -0.1) is 11.3 Å². The molecule has 0 spiro atoms. The largest absolute Gasteiger partial charge is 0.459 e. The van der Waals surface area contributed by atoms with Gasteiger partial charge in [-0.3, -0.25) is 9.59 Å². The Bertz CT molecular complexity index is 1080. The lowest BCUT2D eigenvalue weighted by Gasteiger charge is -2.34. The zero-order valence-electron chi connectivity index (χ0n) is 16.5. The van der Waals surface area contributed by atoms with E-state index in [4.69, 9.17) is 4.42 Å². The van der Waals surface area contributed by atoms with Crippen molar-refractivity contribution >= 4 is 23.2 Å².